The number of anilines is 2. The zero-order valence-corrected chi connectivity index (χ0v) is 17.3. The van der Waals surface area contributed by atoms with Gasteiger partial charge in [-0.05, 0) is 68.1 Å². The molecule has 1 saturated heterocycles. The van der Waals surface area contributed by atoms with E-state index >= 15 is 0 Å². The van der Waals surface area contributed by atoms with Crippen molar-refractivity contribution < 1.29 is 17.8 Å². The first kappa shape index (κ1) is 21.4. The average Bonchev–Trinajstić information content (AvgIpc) is 2.70. The van der Waals surface area contributed by atoms with Gasteiger partial charge in [0.05, 0.1) is 12.2 Å². The maximum Gasteiger partial charge on any atom is 0.238 e. The standard InChI is InChI=1S/C21H27N3O4S/c1-23(28-29(26)27)20-9-7-19(8-10-20)22-21(25)16-24-13-11-18(12-14-24)15-17-5-3-2-4-6-17/h2-10,18H,11-16H2,1H3,(H,22,25)(H,26,27)/p-1. The van der Waals surface area contributed by atoms with E-state index in [1.165, 1.54) is 12.6 Å². The minimum Gasteiger partial charge on any atom is -0.748 e. The van der Waals surface area contributed by atoms with Crippen molar-refractivity contribution in [1.82, 2.24) is 4.90 Å². The molecule has 0 spiro atoms. The SMILES string of the molecule is CN(OS(=O)[O-])c1ccc(NC(=O)CN2CCC(Cc3ccccc3)CC2)cc1. The van der Waals surface area contributed by atoms with Crippen LogP contribution in [-0.4, -0.2) is 46.3 Å². The molecular weight excluding hydrogens is 390 g/mol. The van der Waals surface area contributed by atoms with E-state index in [1.807, 2.05) is 6.07 Å². The van der Waals surface area contributed by atoms with Gasteiger partial charge < -0.3 is 9.87 Å². The van der Waals surface area contributed by atoms with Gasteiger partial charge in [0.1, 0.15) is 11.4 Å². The molecule has 156 valence electrons. The van der Waals surface area contributed by atoms with Crippen molar-refractivity contribution in [2.45, 2.75) is 19.3 Å². The molecule has 1 amide bonds. The van der Waals surface area contributed by atoms with Crippen LogP contribution < -0.4 is 10.4 Å². The Morgan fingerprint density at radius 2 is 1.83 bits per heavy atom. The summed E-state index contributed by atoms with van der Waals surface area (Å²) in [7, 11) is 1.49. The molecule has 1 atom stereocenters. The first-order valence-electron chi connectivity index (χ1n) is 9.67. The number of hydroxylamine groups is 1. The van der Waals surface area contributed by atoms with E-state index in [0.717, 1.165) is 37.4 Å². The zero-order chi connectivity index (χ0) is 20.6. The number of rotatable bonds is 8. The van der Waals surface area contributed by atoms with Crippen molar-refractivity contribution in [3.05, 3.63) is 60.2 Å². The van der Waals surface area contributed by atoms with E-state index in [9.17, 15) is 13.6 Å². The summed E-state index contributed by atoms with van der Waals surface area (Å²) in [6, 6.07) is 17.3. The Balaban J connectivity index is 1.41. The molecule has 3 rings (SSSR count). The van der Waals surface area contributed by atoms with Crippen LogP contribution in [0, 0.1) is 5.92 Å². The van der Waals surface area contributed by atoms with E-state index in [-0.39, 0.29) is 5.91 Å². The number of carbonyl (C=O) groups is 1. The normalized spacial score (nSPS) is 16.3. The van der Waals surface area contributed by atoms with Crippen LogP contribution in [-0.2, 0) is 26.9 Å². The number of carbonyl (C=O) groups excluding carboxylic acids is 1. The summed E-state index contributed by atoms with van der Waals surface area (Å²) >= 11 is -2.63. The first-order valence-corrected chi connectivity index (χ1v) is 10.7. The van der Waals surface area contributed by atoms with Crippen molar-refractivity contribution in [1.29, 1.82) is 0 Å². The fourth-order valence-corrected chi connectivity index (χ4v) is 3.86. The van der Waals surface area contributed by atoms with Crippen LogP contribution in [0.1, 0.15) is 18.4 Å². The second-order valence-electron chi connectivity index (χ2n) is 7.28. The van der Waals surface area contributed by atoms with Crippen molar-refractivity contribution in [3.8, 4) is 0 Å². The molecule has 1 aliphatic heterocycles. The number of hydrogen-bond donors (Lipinski definition) is 1. The predicted molar refractivity (Wildman–Crippen MR) is 113 cm³/mol. The van der Waals surface area contributed by atoms with Crippen molar-refractivity contribution >= 4 is 28.6 Å². The lowest BCUT2D eigenvalue weighted by atomic mass is 9.90. The third-order valence-corrected chi connectivity index (χ3v) is 5.47. The van der Waals surface area contributed by atoms with Crippen LogP contribution in [0.2, 0.25) is 0 Å². The Morgan fingerprint density at radius 3 is 2.45 bits per heavy atom. The minimum absolute atomic E-state index is 0.0514. The van der Waals surface area contributed by atoms with Crippen molar-refractivity contribution in [2.75, 3.05) is 37.1 Å². The molecule has 0 radical (unpaired) electrons. The summed E-state index contributed by atoms with van der Waals surface area (Å²) in [5.41, 5.74) is 2.60. The molecule has 7 nitrogen and oxygen atoms in total. The zero-order valence-electron chi connectivity index (χ0n) is 16.5. The maximum atomic E-state index is 12.3. The van der Waals surface area contributed by atoms with E-state index in [0.29, 0.717) is 23.8 Å². The van der Waals surface area contributed by atoms with Gasteiger partial charge in [-0.15, -0.1) is 0 Å². The van der Waals surface area contributed by atoms with Crippen LogP contribution >= 0.6 is 0 Å². The topological polar surface area (TPSA) is 84.9 Å². The first-order chi connectivity index (χ1) is 14.0. The molecular formula is C21H26N3O4S-. The lowest BCUT2D eigenvalue weighted by Gasteiger charge is -2.31. The molecule has 1 aliphatic rings. The molecule has 0 saturated carbocycles. The molecule has 0 aliphatic carbocycles. The molecule has 29 heavy (non-hydrogen) atoms. The van der Waals surface area contributed by atoms with Crippen LogP contribution in [0.4, 0.5) is 11.4 Å². The van der Waals surface area contributed by atoms with Gasteiger partial charge in [0.2, 0.25) is 5.91 Å². The third-order valence-electron chi connectivity index (χ3n) is 5.13. The Bertz CT molecular complexity index is 808. The number of nitrogens with one attached hydrogen (secondary N) is 1. The van der Waals surface area contributed by atoms with Gasteiger partial charge in [-0.1, -0.05) is 30.3 Å². The van der Waals surface area contributed by atoms with Gasteiger partial charge in [0, 0.05) is 12.7 Å². The van der Waals surface area contributed by atoms with Gasteiger partial charge >= 0.3 is 0 Å². The fourth-order valence-electron chi connectivity index (χ4n) is 3.59. The van der Waals surface area contributed by atoms with Gasteiger partial charge in [-0.25, -0.2) is 9.27 Å². The van der Waals surface area contributed by atoms with Crippen LogP contribution in [0.25, 0.3) is 0 Å². The summed E-state index contributed by atoms with van der Waals surface area (Å²) in [6.45, 7) is 2.23. The molecule has 8 heteroatoms. The molecule has 0 aromatic heterocycles. The minimum atomic E-state index is -2.63. The van der Waals surface area contributed by atoms with E-state index in [2.05, 4.69) is 38.8 Å². The van der Waals surface area contributed by atoms with Crippen LogP contribution in [0.3, 0.4) is 0 Å². The lowest BCUT2D eigenvalue weighted by molar-refractivity contribution is -0.117. The number of amides is 1. The summed E-state index contributed by atoms with van der Waals surface area (Å²) < 4.78 is 25.7. The number of hydrogen-bond acceptors (Lipinski definition) is 6. The van der Waals surface area contributed by atoms with Gasteiger partial charge in [0.15, 0.2) is 0 Å². The van der Waals surface area contributed by atoms with Crippen molar-refractivity contribution in [2.24, 2.45) is 5.92 Å². The highest BCUT2D eigenvalue weighted by molar-refractivity contribution is 7.74. The largest absolute Gasteiger partial charge is 0.748 e. The smallest absolute Gasteiger partial charge is 0.238 e. The van der Waals surface area contributed by atoms with Crippen LogP contribution in [0.5, 0.6) is 0 Å². The summed E-state index contributed by atoms with van der Waals surface area (Å²) in [6.07, 6.45) is 3.31. The highest BCUT2D eigenvalue weighted by Crippen LogP contribution is 2.22. The molecule has 1 heterocycles. The van der Waals surface area contributed by atoms with Gasteiger partial charge in [-0.2, -0.15) is 4.28 Å². The predicted octanol–water partition coefficient (Wildman–Crippen LogP) is 2.74. The second-order valence-corrected chi connectivity index (χ2v) is 7.84. The van der Waals surface area contributed by atoms with Gasteiger partial charge in [-0.3, -0.25) is 9.69 Å². The maximum absolute atomic E-state index is 12.3. The lowest BCUT2D eigenvalue weighted by Crippen LogP contribution is -2.39. The van der Waals surface area contributed by atoms with Crippen LogP contribution in [0.15, 0.2) is 54.6 Å². The van der Waals surface area contributed by atoms with E-state index in [1.54, 1.807) is 24.3 Å². The molecule has 2 aromatic rings. The molecule has 1 N–H and O–H groups in total. The molecule has 1 fully saturated rings. The summed E-state index contributed by atoms with van der Waals surface area (Å²) in [5.74, 6) is 0.622. The average molecular weight is 417 g/mol. The quantitative estimate of drug-likeness (QED) is 0.526. The Hall–Kier alpha value is -2.26. The fraction of sp³-hybridized carbons (Fsp3) is 0.381. The number of benzene rings is 2. The summed E-state index contributed by atoms with van der Waals surface area (Å²) in [4.78, 5) is 14.5. The summed E-state index contributed by atoms with van der Waals surface area (Å²) in [5, 5.41) is 4.02. The number of likely N-dealkylation sites (tertiary alicyclic amines) is 1. The highest BCUT2D eigenvalue weighted by atomic mass is 32.2. The van der Waals surface area contributed by atoms with E-state index < -0.39 is 11.4 Å². The number of piperidine rings is 1. The van der Waals surface area contributed by atoms with Crippen molar-refractivity contribution in [3.63, 3.8) is 0 Å². The van der Waals surface area contributed by atoms with Gasteiger partial charge in [0.25, 0.3) is 0 Å². The molecule has 1 unspecified atom stereocenters. The Labute approximate surface area is 174 Å². The monoisotopic (exact) mass is 416 g/mol. The Kier molecular flexibility index (Phi) is 7.76. The molecule has 0 bridgehead atoms. The Morgan fingerprint density at radius 1 is 1.17 bits per heavy atom. The van der Waals surface area contributed by atoms with E-state index in [4.69, 9.17) is 0 Å². The molecule has 2 aromatic carbocycles. The number of nitrogens with zero attached hydrogens (tertiary/aromatic N) is 2. The second kappa shape index (κ2) is 10.5. The third kappa shape index (κ3) is 6.93. The highest BCUT2D eigenvalue weighted by Gasteiger charge is 2.21.